The number of amides is 1. The van der Waals surface area contributed by atoms with Crippen LogP contribution < -0.4 is 5.32 Å². The van der Waals surface area contributed by atoms with Crippen molar-refractivity contribution in [3.63, 3.8) is 0 Å². The average molecular weight is 282 g/mol. The number of hydrogen-bond acceptors (Lipinski definition) is 2. The number of aryl methyl sites for hydroxylation is 2. The van der Waals surface area contributed by atoms with Crippen molar-refractivity contribution in [3.8, 4) is 0 Å². The maximum Gasteiger partial charge on any atom is 0.238 e. The molecule has 0 saturated carbocycles. The van der Waals surface area contributed by atoms with Crippen molar-refractivity contribution in [1.29, 1.82) is 0 Å². The van der Waals surface area contributed by atoms with Crippen LogP contribution in [0.25, 0.3) is 0 Å². The molecule has 0 aliphatic rings. The second kappa shape index (κ2) is 7.04. The minimum absolute atomic E-state index is 0.0159. The smallest absolute Gasteiger partial charge is 0.238 e. The minimum Gasteiger partial charge on any atom is -0.325 e. The molecule has 0 atom stereocenters. The molecule has 2 aromatic rings. The molecule has 2 rings (SSSR count). The summed E-state index contributed by atoms with van der Waals surface area (Å²) >= 11 is 0. The molecule has 0 saturated heterocycles. The molecule has 0 spiro atoms. The highest BCUT2D eigenvalue weighted by Gasteiger charge is 2.09. The number of nitrogens with one attached hydrogen (secondary N) is 1. The largest absolute Gasteiger partial charge is 0.325 e. The lowest BCUT2D eigenvalue weighted by molar-refractivity contribution is -0.117. The Hall–Kier alpha value is -2.13. The Balaban J connectivity index is 1.91. The number of anilines is 1. The number of carbonyl (C=O) groups excluding carboxylic acids is 1. The second-order valence-electron chi connectivity index (χ2n) is 5.52. The Kier molecular flexibility index (Phi) is 5.12. The third-order valence-corrected chi connectivity index (χ3v) is 3.38. The number of likely N-dealkylation sites (N-methyl/N-ethyl adjacent to an activating group) is 1. The second-order valence-corrected chi connectivity index (χ2v) is 5.52. The Bertz CT molecular complexity index is 608. The summed E-state index contributed by atoms with van der Waals surface area (Å²) in [5, 5.41) is 2.99. The number of hydrogen-bond donors (Lipinski definition) is 1. The van der Waals surface area contributed by atoms with Gasteiger partial charge >= 0.3 is 0 Å². The predicted octanol–water partition coefficient (Wildman–Crippen LogP) is 3.37. The first kappa shape index (κ1) is 15.3. The molecule has 2 aromatic carbocycles. The van der Waals surface area contributed by atoms with E-state index in [0.29, 0.717) is 6.54 Å². The van der Waals surface area contributed by atoms with E-state index in [4.69, 9.17) is 0 Å². The third kappa shape index (κ3) is 4.72. The summed E-state index contributed by atoms with van der Waals surface area (Å²) in [6, 6.07) is 16.2. The topological polar surface area (TPSA) is 32.3 Å². The van der Waals surface area contributed by atoms with E-state index in [9.17, 15) is 4.79 Å². The van der Waals surface area contributed by atoms with Gasteiger partial charge in [-0.15, -0.1) is 0 Å². The lowest BCUT2D eigenvalue weighted by atomic mass is 10.1. The molecule has 1 N–H and O–H groups in total. The number of benzene rings is 2. The Morgan fingerprint density at radius 1 is 1.10 bits per heavy atom. The monoisotopic (exact) mass is 282 g/mol. The van der Waals surface area contributed by atoms with Crippen molar-refractivity contribution < 1.29 is 4.79 Å². The molecule has 3 heteroatoms. The number of nitrogens with zero attached hydrogens (tertiary/aromatic N) is 1. The quantitative estimate of drug-likeness (QED) is 0.912. The van der Waals surface area contributed by atoms with E-state index in [1.165, 1.54) is 5.56 Å². The van der Waals surface area contributed by atoms with Crippen LogP contribution in [0.3, 0.4) is 0 Å². The number of carbonyl (C=O) groups is 1. The van der Waals surface area contributed by atoms with Crippen molar-refractivity contribution in [2.24, 2.45) is 0 Å². The molecule has 0 unspecified atom stereocenters. The highest BCUT2D eigenvalue weighted by atomic mass is 16.2. The van der Waals surface area contributed by atoms with E-state index in [0.717, 1.165) is 23.4 Å². The van der Waals surface area contributed by atoms with Crippen molar-refractivity contribution in [1.82, 2.24) is 4.90 Å². The highest BCUT2D eigenvalue weighted by molar-refractivity contribution is 5.93. The summed E-state index contributed by atoms with van der Waals surface area (Å²) in [5.41, 5.74) is 4.33. The molecule has 3 nitrogen and oxygen atoms in total. The maximum absolute atomic E-state index is 12.1. The molecule has 0 radical (unpaired) electrons. The van der Waals surface area contributed by atoms with E-state index in [2.05, 4.69) is 17.4 Å². The van der Waals surface area contributed by atoms with Gasteiger partial charge in [0.1, 0.15) is 0 Å². The van der Waals surface area contributed by atoms with Crippen LogP contribution in [0.15, 0.2) is 48.5 Å². The van der Waals surface area contributed by atoms with Gasteiger partial charge in [0.05, 0.1) is 6.54 Å². The lowest BCUT2D eigenvalue weighted by Crippen LogP contribution is -2.30. The van der Waals surface area contributed by atoms with Crippen molar-refractivity contribution in [2.45, 2.75) is 20.4 Å². The zero-order valence-electron chi connectivity index (χ0n) is 12.9. The van der Waals surface area contributed by atoms with Crippen LogP contribution in [0.1, 0.15) is 16.7 Å². The van der Waals surface area contributed by atoms with Gasteiger partial charge in [0.15, 0.2) is 0 Å². The fourth-order valence-corrected chi connectivity index (χ4v) is 2.26. The summed E-state index contributed by atoms with van der Waals surface area (Å²) in [5.74, 6) is 0.0159. The van der Waals surface area contributed by atoms with E-state index in [-0.39, 0.29) is 5.91 Å². The first-order valence-corrected chi connectivity index (χ1v) is 7.14. The van der Waals surface area contributed by atoms with Crippen LogP contribution in [-0.4, -0.2) is 24.4 Å². The lowest BCUT2D eigenvalue weighted by Gasteiger charge is -2.17. The normalized spacial score (nSPS) is 10.7. The average Bonchev–Trinajstić information content (AvgIpc) is 2.43. The fourth-order valence-electron chi connectivity index (χ4n) is 2.26. The van der Waals surface area contributed by atoms with Crippen molar-refractivity contribution in [2.75, 3.05) is 18.9 Å². The maximum atomic E-state index is 12.1. The molecule has 0 heterocycles. The zero-order chi connectivity index (χ0) is 15.2. The standard InChI is InChI=1S/C18H22N2O/c1-14-9-10-15(2)17(11-14)19-18(21)13-20(3)12-16-7-5-4-6-8-16/h4-11H,12-13H2,1-3H3,(H,19,21). The molecule has 0 bridgehead atoms. The first-order valence-electron chi connectivity index (χ1n) is 7.14. The molecule has 0 fully saturated rings. The molecule has 110 valence electrons. The molecular weight excluding hydrogens is 260 g/mol. The van der Waals surface area contributed by atoms with E-state index < -0.39 is 0 Å². The van der Waals surface area contributed by atoms with Gasteiger partial charge in [-0.05, 0) is 43.7 Å². The van der Waals surface area contributed by atoms with E-state index in [1.54, 1.807) is 0 Å². The van der Waals surface area contributed by atoms with Gasteiger partial charge in [0.2, 0.25) is 5.91 Å². The number of rotatable bonds is 5. The van der Waals surface area contributed by atoms with Crippen molar-refractivity contribution in [3.05, 3.63) is 65.2 Å². The summed E-state index contributed by atoms with van der Waals surface area (Å²) in [7, 11) is 1.95. The van der Waals surface area contributed by atoms with Gasteiger partial charge in [-0.1, -0.05) is 42.5 Å². The molecule has 0 aliphatic carbocycles. The van der Waals surface area contributed by atoms with E-state index >= 15 is 0 Å². The van der Waals surface area contributed by atoms with Crippen LogP contribution in [-0.2, 0) is 11.3 Å². The van der Waals surface area contributed by atoms with E-state index in [1.807, 2.05) is 62.2 Å². The Labute approximate surface area is 126 Å². The van der Waals surface area contributed by atoms with Crippen molar-refractivity contribution >= 4 is 11.6 Å². The molecule has 1 amide bonds. The van der Waals surface area contributed by atoms with Crippen LogP contribution in [0.2, 0.25) is 0 Å². The molecule has 21 heavy (non-hydrogen) atoms. The zero-order valence-corrected chi connectivity index (χ0v) is 12.9. The van der Waals surface area contributed by atoms with Crippen LogP contribution >= 0.6 is 0 Å². The highest BCUT2D eigenvalue weighted by Crippen LogP contribution is 2.16. The van der Waals surface area contributed by atoms with Gasteiger partial charge in [-0.25, -0.2) is 0 Å². The van der Waals surface area contributed by atoms with Crippen LogP contribution in [0, 0.1) is 13.8 Å². The SMILES string of the molecule is Cc1ccc(C)c(NC(=O)CN(C)Cc2ccccc2)c1. The Morgan fingerprint density at radius 3 is 2.52 bits per heavy atom. The molecular formula is C18H22N2O. The minimum atomic E-state index is 0.0159. The summed E-state index contributed by atoms with van der Waals surface area (Å²) in [4.78, 5) is 14.1. The van der Waals surface area contributed by atoms with Gasteiger partial charge in [0.25, 0.3) is 0 Å². The predicted molar refractivity (Wildman–Crippen MR) is 87.3 cm³/mol. The summed E-state index contributed by atoms with van der Waals surface area (Å²) in [6.07, 6.45) is 0. The van der Waals surface area contributed by atoms with Crippen LogP contribution in [0.4, 0.5) is 5.69 Å². The summed E-state index contributed by atoms with van der Waals surface area (Å²) in [6.45, 7) is 5.17. The van der Waals surface area contributed by atoms with Gasteiger partial charge in [-0.2, -0.15) is 0 Å². The Morgan fingerprint density at radius 2 is 1.81 bits per heavy atom. The molecule has 0 aliphatic heterocycles. The first-order chi connectivity index (χ1) is 10.0. The van der Waals surface area contributed by atoms with Gasteiger partial charge in [-0.3, -0.25) is 9.69 Å². The summed E-state index contributed by atoms with van der Waals surface area (Å²) < 4.78 is 0. The fraction of sp³-hybridized carbons (Fsp3) is 0.278. The third-order valence-electron chi connectivity index (χ3n) is 3.38. The van der Waals surface area contributed by atoms with Crippen LogP contribution in [0.5, 0.6) is 0 Å². The van der Waals surface area contributed by atoms with Gasteiger partial charge < -0.3 is 5.32 Å². The molecule has 0 aromatic heterocycles. The van der Waals surface area contributed by atoms with Gasteiger partial charge in [0, 0.05) is 12.2 Å².